The Balaban J connectivity index is 1.63. The van der Waals surface area contributed by atoms with Gasteiger partial charge in [0.25, 0.3) is 0 Å². The maximum atomic E-state index is 10.8. The Hall–Kier alpha value is -2.71. The fourth-order valence-electron chi connectivity index (χ4n) is 4.66. The molecule has 0 saturated carbocycles. The fourth-order valence-corrected chi connectivity index (χ4v) is 4.66. The van der Waals surface area contributed by atoms with E-state index in [1.165, 1.54) is 0 Å². The number of aromatic nitrogens is 2. The van der Waals surface area contributed by atoms with Crippen LogP contribution in [0.1, 0.15) is 44.9 Å². The lowest BCUT2D eigenvalue weighted by atomic mass is 10.1. The molecule has 7 nitrogen and oxygen atoms in total. The summed E-state index contributed by atoms with van der Waals surface area (Å²) in [6.07, 6.45) is 2.46. The van der Waals surface area contributed by atoms with Crippen LogP contribution in [0.25, 0.3) is 5.69 Å². The molecule has 1 aromatic heterocycles. The molecule has 2 atom stereocenters. The third kappa shape index (κ3) is 7.89. The zero-order valence-electron chi connectivity index (χ0n) is 22.4. The molecule has 2 aromatic carbocycles. The van der Waals surface area contributed by atoms with Crippen LogP contribution in [-0.4, -0.2) is 64.9 Å². The predicted octanol–water partition coefficient (Wildman–Crippen LogP) is 5.24. The number of hydrogen-bond donors (Lipinski definition) is 1. The average Bonchev–Trinajstić information content (AvgIpc) is 3.53. The molecule has 1 aliphatic heterocycles. The minimum atomic E-state index is -0.590. The second-order valence-corrected chi connectivity index (χ2v) is 10.2. The molecular weight excluding hydrogens is 466 g/mol. The molecule has 0 unspecified atom stereocenters. The van der Waals surface area contributed by atoms with Gasteiger partial charge in [0.2, 0.25) is 5.88 Å². The van der Waals surface area contributed by atoms with Gasteiger partial charge in [0.05, 0.1) is 35.8 Å². The van der Waals surface area contributed by atoms with Crippen LogP contribution >= 0.6 is 0 Å². The number of hydrogen-bond acceptors (Lipinski definition) is 6. The van der Waals surface area contributed by atoms with Crippen molar-refractivity contribution in [3.63, 3.8) is 0 Å². The first-order chi connectivity index (χ1) is 18.0. The molecule has 3 aromatic rings. The van der Waals surface area contributed by atoms with Crippen LogP contribution < -0.4 is 4.74 Å². The van der Waals surface area contributed by atoms with Gasteiger partial charge in [-0.3, -0.25) is 4.90 Å². The zero-order valence-corrected chi connectivity index (χ0v) is 22.4. The van der Waals surface area contributed by atoms with Gasteiger partial charge in [0.1, 0.15) is 5.75 Å². The van der Waals surface area contributed by atoms with E-state index in [9.17, 15) is 5.11 Å². The summed E-state index contributed by atoms with van der Waals surface area (Å²) in [5.74, 6) is 1.90. The lowest BCUT2D eigenvalue weighted by Crippen LogP contribution is -2.39. The van der Waals surface area contributed by atoms with E-state index in [4.69, 9.17) is 19.3 Å². The number of aryl methyl sites for hydroxylation is 1. The van der Waals surface area contributed by atoms with Gasteiger partial charge in [-0.15, -0.1) is 0 Å². The van der Waals surface area contributed by atoms with E-state index >= 15 is 0 Å². The summed E-state index contributed by atoms with van der Waals surface area (Å²) in [4.78, 5) is 2.27. The molecule has 7 heteroatoms. The Morgan fingerprint density at radius 1 is 1.08 bits per heavy atom. The molecule has 0 bridgehead atoms. The molecule has 0 amide bonds. The molecular formula is C30H41N3O4. The van der Waals surface area contributed by atoms with Crippen molar-refractivity contribution >= 4 is 0 Å². The quantitative estimate of drug-likeness (QED) is 0.322. The lowest BCUT2D eigenvalue weighted by Gasteiger charge is -2.28. The fraction of sp³-hybridized carbons (Fsp3) is 0.500. The molecule has 1 fully saturated rings. The first-order valence-corrected chi connectivity index (χ1v) is 13.5. The Morgan fingerprint density at radius 2 is 1.81 bits per heavy atom. The van der Waals surface area contributed by atoms with Crippen molar-refractivity contribution in [1.82, 2.24) is 14.7 Å². The highest BCUT2D eigenvalue weighted by Crippen LogP contribution is 2.32. The number of rotatable bonds is 14. The van der Waals surface area contributed by atoms with Crippen LogP contribution in [0.4, 0.5) is 0 Å². The zero-order chi connectivity index (χ0) is 26.0. The molecule has 2 heterocycles. The summed E-state index contributed by atoms with van der Waals surface area (Å²) in [5.41, 5.74) is 2.96. The second kappa shape index (κ2) is 13.7. The lowest BCUT2D eigenvalue weighted by molar-refractivity contribution is -0.00407. The summed E-state index contributed by atoms with van der Waals surface area (Å²) < 4.78 is 20.1. The van der Waals surface area contributed by atoms with Gasteiger partial charge >= 0.3 is 0 Å². The number of aliphatic hydroxyl groups is 1. The van der Waals surface area contributed by atoms with E-state index < -0.39 is 6.10 Å². The Morgan fingerprint density at radius 3 is 2.46 bits per heavy atom. The molecule has 1 saturated heterocycles. The first kappa shape index (κ1) is 27.3. The van der Waals surface area contributed by atoms with Crippen molar-refractivity contribution in [3.8, 4) is 17.3 Å². The molecule has 0 radical (unpaired) electrons. The molecule has 0 aliphatic carbocycles. The Labute approximate surface area is 221 Å². The van der Waals surface area contributed by atoms with Crippen molar-refractivity contribution in [2.24, 2.45) is 5.92 Å². The first-order valence-electron chi connectivity index (χ1n) is 13.5. The highest BCUT2D eigenvalue weighted by molar-refractivity contribution is 5.43. The van der Waals surface area contributed by atoms with Gasteiger partial charge < -0.3 is 19.3 Å². The van der Waals surface area contributed by atoms with Gasteiger partial charge in [-0.2, -0.15) is 5.10 Å². The number of benzene rings is 2. The minimum Gasteiger partial charge on any atom is -0.439 e. The topological polar surface area (TPSA) is 69.0 Å². The predicted molar refractivity (Wildman–Crippen MR) is 145 cm³/mol. The summed E-state index contributed by atoms with van der Waals surface area (Å²) >= 11 is 0. The summed E-state index contributed by atoms with van der Waals surface area (Å²) in [7, 11) is 0. The summed E-state index contributed by atoms with van der Waals surface area (Å²) in [6.45, 7) is 9.92. The van der Waals surface area contributed by atoms with Crippen LogP contribution in [0.3, 0.4) is 0 Å². The van der Waals surface area contributed by atoms with Crippen molar-refractivity contribution in [1.29, 1.82) is 0 Å². The normalized spacial score (nSPS) is 16.5. The van der Waals surface area contributed by atoms with Crippen LogP contribution in [0.2, 0.25) is 0 Å². The maximum Gasteiger partial charge on any atom is 0.227 e. The van der Waals surface area contributed by atoms with Crippen LogP contribution in [0, 0.1) is 5.92 Å². The van der Waals surface area contributed by atoms with Crippen molar-refractivity contribution in [2.45, 2.75) is 58.8 Å². The van der Waals surface area contributed by atoms with Crippen molar-refractivity contribution in [3.05, 3.63) is 71.9 Å². The van der Waals surface area contributed by atoms with E-state index in [1.54, 1.807) is 0 Å². The standard InChI is InChI=1S/C30H41N3O4/c1-4-29-28(20-32(19-27-16-11-17-36-27)18-25(34)22-35-21-23(2)3)30(37-26-14-9-6-10-15-26)33(31-29)24-12-7-5-8-13-24/h5-10,12-15,23,25,27,34H,4,11,16-22H2,1-3H3/t25-,27+/m1/s1. The highest BCUT2D eigenvalue weighted by atomic mass is 16.5. The van der Waals surface area contributed by atoms with Gasteiger partial charge in [-0.25, -0.2) is 4.68 Å². The maximum absolute atomic E-state index is 10.8. The SMILES string of the molecule is CCc1nn(-c2ccccc2)c(Oc2ccccc2)c1CN(C[C@@H](O)COCC(C)C)C[C@@H]1CCCO1. The molecule has 200 valence electrons. The third-order valence-electron chi connectivity index (χ3n) is 6.41. The van der Waals surface area contributed by atoms with E-state index in [1.807, 2.05) is 65.3 Å². The van der Waals surface area contributed by atoms with E-state index in [2.05, 4.69) is 25.7 Å². The average molecular weight is 508 g/mol. The van der Waals surface area contributed by atoms with Gasteiger partial charge in [-0.1, -0.05) is 57.2 Å². The summed E-state index contributed by atoms with van der Waals surface area (Å²) in [5, 5.41) is 15.8. The van der Waals surface area contributed by atoms with Gasteiger partial charge in [0.15, 0.2) is 0 Å². The largest absolute Gasteiger partial charge is 0.439 e. The summed E-state index contributed by atoms with van der Waals surface area (Å²) in [6, 6.07) is 19.9. The monoisotopic (exact) mass is 507 g/mol. The van der Waals surface area contributed by atoms with Crippen LogP contribution in [0.5, 0.6) is 11.6 Å². The van der Waals surface area contributed by atoms with Crippen LogP contribution in [-0.2, 0) is 22.4 Å². The second-order valence-electron chi connectivity index (χ2n) is 10.2. The molecule has 0 spiro atoms. The molecule has 37 heavy (non-hydrogen) atoms. The highest BCUT2D eigenvalue weighted by Gasteiger charge is 2.26. The smallest absolute Gasteiger partial charge is 0.227 e. The molecule has 1 N–H and O–H groups in total. The molecule has 1 aliphatic rings. The van der Waals surface area contributed by atoms with E-state index in [0.29, 0.717) is 38.1 Å². The van der Waals surface area contributed by atoms with Crippen molar-refractivity contribution in [2.75, 3.05) is 32.9 Å². The van der Waals surface area contributed by atoms with Crippen LogP contribution in [0.15, 0.2) is 60.7 Å². The van der Waals surface area contributed by atoms with Gasteiger partial charge in [0, 0.05) is 32.8 Å². The number of para-hydroxylation sites is 2. The molecule has 4 rings (SSSR count). The van der Waals surface area contributed by atoms with E-state index in [-0.39, 0.29) is 6.10 Å². The number of nitrogens with zero attached hydrogens (tertiary/aromatic N) is 3. The number of ether oxygens (including phenoxy) is 3. The Bertz CT molecular complexity index is 1070. The number of aliphatic hydroxyl groups excluding tert-OH is 1. The van der Waals surface area contributed by atoms with Gasteiger partial charge in [-0.05, 0) is 49.4 Å². The third-order valence-corrected chi connectivity index (χ3v) is 6.41. The minimum absolute atomic E-state index is 0.163. The van der Waals surface area contributed by atoms with E-state index in [0.717, 1.165) is 55.1 Å². The van der Waals surface area contributed by atoms with Crippen molar-refractivity contribution < 1.29 is 19.3 Å². The Kier molecular flexibility index (Phi) is 10.1.